The van der Waals surface area contributed by atoms with Crippen LogP contribution < -0.4 is 10.1 Å². The molecule has 2 aromatic carbocycles. The topological polar surface area (TPSA) is 75.7 Å². The summed E-state index contributed by atoms with van der Waals surface area (Å²) in [5.74, 6) is 0.691. The van der Waals surface area contributed by atoms with E-state index >= 15 is 0 Å². The molecule has 7 heteroatoms. The van der Waals surface area contributed by atoms with Crippen molar-refractivity contribution in [2.75, 3.05) is 25.5 Å². The molecule has 1 amide bonds. The lowest BCUT2D eigenvalue weighted by atomic mass is 10.0. The van der Waals surface area contributed by atoms with E-state index in [0.29, 0.717) is 36.9 Å². The summed E-state index contributed by atoms with van der Waals surface area (Å²) in [6.45, 7) is 8.63. The number of nitrogens with one attached hydrogen (secondary N) is 1. The van der Waals surface area contributed by atoms with E-state index < -0.39 is 10.0 Å². The fraction of sp³-hybridized carbons (Fsp3) is 0.435. The van der Waals surface area contributed by atoms with Crippen molar-refractivity contribution >= 4 is 21.6 Å². The summed E-state index contributed by atoms with van der Waals surface area (Å²) in [5, 5.41) is 2.80. The number of sulfonamides is 1. The van der Waals surface area contributed by atoms with E-state index in [1.165, 1.54) is 29.1 Å². The molecule has 0 aliphatic rings. The molecule has 30 heavy (non-hydrogen) atoms. The number of rotatable bonds is 10. The smallest absolute Gasteiger partial charge is 0.243 e. The van der Waals surface area contributed by atoms with Crippen LogP contribution in [0.25, 0.3) is 0 Å². The van der Waals surface area contributed by atoms with Crippen LogP contribution in [-0.4, -0.2) is 38.8 Å². The molecule has 0 unspecified atom stereocenters. The van der Waals surface area contributed by atoms with Gasteiger partial charge in [-0.05, 0) is 41.7 Å². The summed E-state index contributed by atoms with van der Waals surface area (Å²) in [6, 6.07) is 12.8. The first-order chi connectivity index (χ1) is 14.2. The van der Waals surface area contributed by atoms with Gasteiger partial charge in [-0.1, -0.05) is 52.0 Å². The minimum atomic E-state index is -3.62. The number of hydrogen-bond acceptors (Lipinski definition) is 4. The zero-order valence-electron chi connectivity index (χ0n) is 18.4. The fourth-order valence-electron chi connectivity index (χ4n) is 3.20. The van der Waals surface area contributed by atoms with Gasteiger partial charge in [0.1, 0.15) is 5.75 Å². The average Bonchev–Trinajstić information content (AvgIpc) is 2.73. The number of nitrogens with zero attached hydrogens (tertiary/aromatic N) is 1. The van der Waals surface area contributed by atoms with E-state index in [-0.39, 0.29) is 17.2 Å². The average molecular weight is 433 g/mol. The van der Waals surface area contributed by atoms with Crippen molar-refractivity contribution < 1.29 is 17.9 Å². The molecule has 0 spiro atoms. The molecule has 0 bridgehead atoms. The third-order valence-electron chi connectivity index (χ3n) is 5.08. The first kappa shape index (κ1) is 23.9. The molecule has 0 aliphatic carbocycles. The molecule has 0 radical (unpaired) electrons. The largest absolute Gasteiger partial charge is 0.495 e. The van der Waals surface area contributed by atoms with Crippen LogP contribution in [0.15, 0.2) is 47.4 Å². The first-order valence-electron chi connectivity index (χ1n) is 10.3. The number of carbonyl (C=O) groups excluding carboxylic acids is 1. The lowest BCUT2D eigenvalue weighted by Gasteiger charge is -2.19. The third-order valence-corrected chi connectivity index (χ3v) is 7.12. The van der Waals surface area contributed by atoms with Crippen LogP contribution in [0.5, 0.6) is 5.75 Å². The SMILES string of the molecule is CCN(CC)S(=O)(=O)c1ccc(OC)c(NC(=O)CCc2ccc(C(C)C)cc2)c1. The standard InChI is InChI=1S/C23H32N2O4S/c1-6-25(7-2)30(27,28)20-13-14-22(29-5)21(16-20)24-23(26)15-10-18-8-11-19(12-9-18)17(3)4/h8-9,11-14,16-17H,6-7,10,15H2,1-5H3,(H,24,26). The van der Waals surface area contributed by atoms with Crippen molar-refractivity contribution in [1.29, 1.82) is 0 Å². The Morgan fingerprint density at radius 3 is 2.23 bits per heavy atom. The molecule has 0 heterocycles. The van der Waals surface area contributed by atoms with Gasteiger partial charge in [-0.3, -0.25) is 4.79 Å². The summed E-state index contributed by atoms with van der Waals surface area (Å²) in [6.07, 6.45) is 0.890. The van der Waals surface area contributed by atoms with Crippen LogP contribution in [0, 0.1) is 0 Å². The maximum Gasteiger partial charge on any atom is 0.243 e. The minimum absolute atomic E-state index is 0.131. The predicted octanol–water partition coefficient (Wildman–Crippen LogP) is 4.42. The molecule has 2 aromatic rings. The Labute approximate surface area is 180 Å². The van der Waals surface area contributed by atoms with Crippen LogP contribution in [0.3, 0.4) is 0 Å². The second kappa shape index (κ2) is 10.6. The molecule has 0 atom stereocenters. The highest BCUT2D eigenvalue weighted by Crippen LogP contribution is 2.29. The van der Waals surface area contributed by atoms with Crippen molar-refractivity contribution in [3.05, 3.63) is 53.6 Å². The molecule has 0 saturated carbocycles. The number of aryl methyl sites for hydroxylation is 1. The van der Waals surface area contributed by atoms with Crippen LogP contribution in [0.4, 0.5) is 5.69 Å². The molecular weight excluding hydrogens is 400 g/mol. The van der Waals surface area contributed by atoms with Crippen LogP contribution in [0.1, 0.15) is 51.2 Å². The van der Waals surface area contributed by atoms with Crippen LogP contribution >= 0.6 is 0 Å². The number of anilines is 1. The van der Waals surface area contributed by atoms with Crippen molar-refractivity contribution in [3.63, 3.8) is 0 Å². The summed E-state index contributed by atoms with van der Waals surface area (Å²) in [7, 11) is -2.14. The Morgan fingerprint density at radius 2 is 1.70 bits per heavy atom. The second-order valence-electron chi connectivity index (χ2n) is 7.40. The minimum Gasteiger partial charge on any atom is -0.495 e. The van der Waals surface area contributed by atoms with Gasteiger partial charge in [-0.2, -0.15) is 4.31 Å². The first-order valence-corrected chi connectivity index (χ1v) is 11.7. The predicted molar refractivity (Wildman–Crippen MR) is 121 cm³/mol. The van der Waals surface area contributed by atoms with Crippen LogP contribution in [0.2, 0.25) is 0 Å². The molecule has 0 fully saturated rings. The van der Waals surface area contributed by atoms with E-state index in [0.717, 1.165) is 5.56 Å². The Bertz CT molecular complexity index is 950. The molecule has 6 nitrogen and oxygen atoms in total. The number of amides is 1. The van der Waals surface area contributed by atoms with Gasteiger partial charge in [0, 0.05) is 19.5 Å². The third kappa shape index (κ3) is 5.83. The second-order valence-corrected chi connectivity index (χ2v) is 9.33. The van der Waals surface area contributed by atoms with Crippen molar-refractivity contribution in [2.45, 2.75) is 51.3 Å². The summed E-state index contributed by atoms with van der Waals surface area (Å²) in [4.78, 5) is 12.6. The van der Waals surface area contributed by atoms with E-state index in [2.05, 4.69) is 31.3 Å². The van der Waals surface area contributed by atoms with Gasteiger partial charge < -0.3 is 10.1 Å². The molecular formula is C23H32N2O4S. The van der Waals surface area contributed by atoms with Crippen molar-refractivity contribution in [2.24, 2.45) is 0 Å². The number of benzene rings is 2. The normalized spacial score (nSPS) is 11.7. The van der Waals surface area contributed by atoms with Gasteiger partial charge in [0.15, 0.2) is 0 Å². The molecule has 164 valence electrons. The lowest BCUT2D eigenvalue weighted by molar-refractivity contribution is -0.116. The Balaban J connectivity index is 2.13. The van der Waals surface area contributed by atoms with Crippen LogP contribution in [-0.2, 0) is 21.2 Å². The Kier molecular flexibility index (Phi) is 8.43. The maximum atomic E-state index is 12.8. The molecule has 2 rings (SSSR count). The zero-order chi connectivity index (χ0) is 22.3. The highest BCUT2D eigenvalue weighted by Gasteiger charge is 2.23. The Morgan fingerprint density at radius 1 is 1.07 bits per heavy atom. The van der Waals surface area contributed by atoms with Gasteiger partial charge in [-0.25, -0.2) is 8.42 Å². The van der Waals surface area contributed by atoms with Gasteiger partial charge in [0.05, 0.1) is 17.7 Å². The molecule has 0 saturated heterocycles. The van der Waals surface area contributed by atoms with E-state index in [1.807, 2.05) is 12.1 Å². The number of ether oxygens (including phenoxy) is 1. The summed E-state index contributed by atoms with van der Waals surface area (Å²) >= 11 is 0. The lowest BCUT2D eigenvalue weighted by Crippen LogP contribution is -2.30. The van der Waals surface area contributed by atoms with Gasteiger partial charge in [0.25, 0.3) is 0 Å². The molecule has 0 aromatic heterocycles. The van der Waals surface area contributed by atoms with E-state index in [1.54, 1.807) is 19.9 Å². The number of carbonyl (C=O) groups is 1. The van der Waals surface area contributed by atoms with Crippen molar-refractivity contribution in [3.8, 4) is 5.75 Å². The van der Waals surface area contributed by atoms with Gasteiger partial charge >= 0.3 is 0 Å². The van der Waals surface area contributed by atoms with E-state index in [9.17, 15) is 13.2 Å². The number of methoxy groups -OCH3 is 1. The quantitative estimate of drug-likeness (QED) is 0.603. The highest BCUT2D eigenvalue weighted by atomic mass is 32.2. The van der Waals surface area contributed by atoms with Gasteiger partial charge in [-0.15, -0.1) is 0 Å². The zero-order valence-corrected chi connectivity index (χ0v) is 19.3. The summed E-state index contributed by atoms with van der Waals surface area (Å²) < 4.78 is 32.3. The highest BCUT2D eigenvalue weighted by molar-refractivity contribution is 7.89. The van der Waals surface area contributed by atoms with E-state index in [4.69, 9.17) is 4.74 Å². The molecule has 0 aliphatic heterocycles. The maximum absolute atomic E-state index is 12.8. The van der Waals surface area contributed by atoms with Gasteiger partial charge in [0.2, 0.25) is 15.9 Å². The monoisotopic (exact) mass is 432 g/mol. The molecule has 1 N–H and O–H groups in total. The number of hydrogen-bond donors (Lipinski definition) is 1. The Hall–Kier alpha value is -2.38. The summed E-state index contributed by atoms with van der Waals surface area (Å²) in [5.41, 5.74) is 2.70. The van der Waals surface area contributed by atoms with Crippen molar-refractivity contribution in [1.82, 2.24) is 4.31 Å². The fourth-order valence-corrected chi connectivity index (χ4v) is 4.68.